The quantitative estimate of drug-likeness (QED) is 0.643. The number of rotatable bonds is 5. The number of aliphatic hydroxyl groups excluding tert-OH is 1. The van der Waals surface area contributed by atoms with E-state index in [9.17, 15) is 4.79 Å². The minimum absolute atomic E-state index is 0.0556. The van der Waals surface area contributed by atoms with Crippen LogP contribution in [0.3, 0.4) is 0 Å². The number of aromatic nitrogens is 3. The van der Waals surface area contributed by atoms with E-state index in [-0.39, 0.29) is 17.7 Å². The highest BCUT2D eigenvalue weighted by atomic mass is 32.2. The lowest BCUT2D eigenvalue weighted by molar-refractivity contribution is 0.322. The molecule has 2 heterocycles. The van der Waals surface area contributed by atoms with E-state index in [2.05, 4.69) is 24.7 Å². The number of aromatic amines is 1. The highest BCUT2D eigenvalue weighted by Crippen LogP contribution is 2.29. The van der Waals surface area contributed by atoms with Gasteiger partial charge in [0, 0.05) is 22.7 Å². The van der Waals surface area contributed by atoms with Gasteiger partial charge in [-0.3, -0.25) is 0 Å². The third kappa shape index (κ3) is 3.99. The van der Waals surface area contributed by atoms with Gasteiger partial charge in [-0.05, 0) is 0 Å². The van der Waals surface area contributed by atoms with Crippen molar-refractivity contribution >= 4 is 34.1 Å². The first kappa shape index (κ1) is 15.9. The van der Waals surface area contributed by atoms with E-state index >= 15 is 0 Å². The Morgan fingerprint density at radius 3 is 2.86 bits per heavy atom. The van der Waals surface area contributed by atoms with Crippen molar-refractivity contribution in [3.8, 4) is 0 Å². The molecular formula is C11H15N5O3S2. The lowest BCUT2D eigenvalue weighted by atomic mass is 9.91. The Labute approximate surface area is 128 Å². The van der Waals surface area contributed by atoms with E-state index in [0.29, 0.717) is 21.7 Å². The molecule has 2 rings (SSSR count). The Hall–Kier alpha value is -1.52. The van der Waals surface area contributed by atoms with Gasteiger partial charge in [-0.25, -0.2) is 9.95 Å². The Kier molecular flexibility index (Phi) is 4.91. The molecule has 0 unspecified atom stereocenters. The van der Waals surface area contributed by atoms with Crippen LogP contribution in [0.5, 0.6) is 0 Å². The number of azo groups is 1. The van der Waals surface area contributed by atoms with Crippen LogP contribution in [0.25, 0.3) is 0 Å². The summed E-state index contributed by atoms with van der Waals surface area (Å²) in [6, 6.07) is 0. The van der Waals surface area contributed by atoms with Gasteiger partial charge < -0.3 is 9.63 Å². The number of nitrogens with one attached hydrogen (secondary N) is 1. The number of H-pyrrole nitrogens is 1. The third-order valence-corrected chi connectivity index (χ3v) is 3.92. The van der Waals surface area contributed by atoms with Gasteiger partial charge in [-0.2, -0.15) is 9.36 Å². The van der Waals surface area contributed by atoms with E-state index in [4.69, 9.17) is 9.63 Å². The second-order valence-electron chi connectivity index (χ2n) is 5.10. The molecule has 0 aliphatic rings. The highest BCUT2D eigenvalue weighted by Gasteiger charge is 2.24. The minimum Gasteiger partial charge on any atom is -0.396 e. The molecule has 0 saturated carbocycles. The van der Waals surface area contributed by atoms with Gasteiger partial charge in [0.1, 0.15) is 0 Å². The average Bonchev–Trinajstić information content (AvgIpc) is 3.00. The fourth-order valence-corrected chi connectivity index (χ4v) is 2.64. The summed E-state index contributed by atoms with van der Waals surface area (Å²) >= 11 is 2.40. The van der Waals surface area contributed by atoms with E-state index in [1.165, 1.54) is 11.8 Å². The van der Waals surface area contributed by atoms with Crippen LogP contribution in [0, 0.1) is 0 Å². The first-order chi connectivity index (χ1) is 9.91. The highest BCUT2D eigenvalue weighted by molar-refractivity contribution is 7.99. The van der Waals surface area contributed by atoms with Crippen LogP contribution in [0.4, 0.5) is 10.8 Å². The number of nitrogens with zero attached hydrogens (tertiary/aromatic N) is 4. The maximum Gasteiger partial charge on any atom is 0.384 e. The van der Waals surface area contributed by atoms with Gasteiger partial charge in [0.05, 0.1) is 12.3 Å². The lowest BCUT2D eigenvalue weighted by Crippen LogP contribution is -2.12. The first-order valence-electron chi connectivity index (χ1n) is 6.13. The summed E-state index contributed by atoms with van der Waals surface area (Å²) in [4.78, 5) is 15.8. The Balaban J connectivity index is 2.20. The molecule has 0 spiro atoms. The van der Waals surface area contributed by atoms with Crippen molar-refractivity contribution in [2.75, 3.05) is 12.4 Å². The normalized spacial score (nSPS) is 12.4. The molecule has 2 aromatic heterocycles. The molecule has 2 aromatic rings. The monoisotopic (exact) mass is 329 g/mol. The van der Waals surface area contributed by atoms with Crippen molar-refractivity contribution in [1.82, 2.24) is 14.5 Å². The second kappa shape index (κ2) is 6.50. The molecule has 21 heavy (non-hydrogen) atoms. The zero-order valence-electron chi connectivity index (χ0n) is 11.8. The minimum atomic E-state index is -0.567. The van der Waals surface area contributed by atoms with Crippen molar-refractivity contribution in [3.05, 3.63) is 16.1 Å². The fraction of sp³-hybridized carbons (Fsp3) is 0.545. The largest absolute Gasteiger partial charge is 0.396 e. The molecule has 0 fully saturated rings. The van der Waals surface area contributed by atoms with Gasteiger partial charge in [0.15, 0.2) is 5.69 Å². The van der Waals surface area contributed by atoms with Gasteiger partial charge in [0.2, 0.25) is 10.3 Å². The lowest BCUT2D eigenvalue weighted by Gasteiger charge is -2.14. The summed E-state index contributed by atoms with van der Waals surface area (Å²) in [7, 11) is 0. The van der Waals surface area contributed by atoms with Crippen molar-refractivity contribution in [2.45, 2.75) is 31.3 Å². The molecule has 0 aliphatic heterocycles. The topological polar surface area (TPSA) is 117 Å². The molecule has 10 heteroatoms. The van der Waals surface area contributed by atoms with E-state index in [1.54, 1.807) is 0 Å². The Morgan fingerprint density at radius 1 is 1.43 bits per heavy atom. The molecular weight excluding hydrogens is 314 g/mol. The van der Waals surface area contributed by atoms with E-state index < -0.39 is 5.63 Å². The maximum absolute atomic E-state index is 11.6. The molecule has 0 atom stereocenters. The molecule has 2 N–H and O–H groups in total. The van der Waals surface area contributed by atoms with Crippen LogP contribution in [0.1, 0.15) is 26.5 Å². The molecule has 0 saturated heterocycles. The second-order valence-corrected chi connectivity index (χ2v) is 6.89. The number of hydrogen-bond donors (Lipinski definition) is 2. The van der Waals surface area contributed by atoms with Crippen LogP contribution in [0.2, 0.25) is 0 Å². The molecule has 114 valence electrons. The Morgan fingerprint density at radius 2 is 2.19 bits per heavy atom. The molecule has 0 radical (unpaired) electrons. The SMILES string of the molecule is CC(C)(C)c1[nH]oc(=O)c1N=Nc1nc(SCCO)ns1. The van der Waals surface area contributed by atoms with Gasteiger partial charge in [0.25, 0.3) is 0 Å². The summed E-state index contributed by atoms with van der Waals surface area (Å²) < 4.78 is 8.84. The van der Waals surface area contributed by atoms with Crippen molar-refractivity contribution < 1.29 is 9.63 Å². The van der Waals surface area contributed by atoms with Crippen molar-refractivity contribution in [2.24, 2.45) is 10.2 Å². The average molecular weight is 329 g/mol. The predicted molar refractivity (Wildman–Crippen MR) is 79.9 cm³/mol. The summed E-state index contributed by atoms with van der Waals surface area (Å²) in [5, 5.41) is 20.0. The summed E-state index contributed by atoms with van der Waals surface area (Å²) in [5.74, 6) is 0.517. The molecule has 0 aliphatic carbocycles. The fourth-order valence-electron chi connectivity index (χ4n) is 1.43. The molecule has 0 aromatic carbocycles. The van der Waals surface area contributed by atoms with E-state index in [1.807, 2.05) is 20.8 Å². The Bertz CT molecular complexity index is 683. The third-order valence-electron chi connectivity index (χ3n) is 2.38. The maximum atomic E-state index is 11.6. The zero-order chi connectivity index (χ0) is 15.5. The van der Waals surface area contributed by atoms with Gasteiger partial charge in [-0.1, -0.05) is 32.5 Å². The summed E-state index contributed by atoms with van der Waals surface area (Å²) in [6.07, 6.45) is 0. The smallest absolute Gasteiger partial charge is 0.384 e. The summed E-state index contributed by atoms with van der Waals surface area (Å²) in [5.41, 5.74) is -0.162. The van der Waals surface area contributed by atoms with Crippen LogP contribution < -0.4 is 5.63 Å². The van der Waals surface area contributed by atoms with Gasteiger partial charge in [-0.15, -0.1) is 10.2 Å². The van der Waals surface area contributed by atoms with Crippen molar-refractivity contribution in [3.63, 3.8) is 0 Å². The van der Waals surface area contributed by atoms with Crippen LogP contribution in [-0.2, 0) is 5.41 Å². The standard InChI is InChI=1S/C11H15N5O3S2/c1-11(2,3)7-6(8(18)19-15-7)13-14-9-12-10(16-21-9)20-5-4-17/h15,17H,4-5H2,1-3H3. The number of hydrogen-bond acceptors (Lipinski definition) is 9. The predicted octanol–water partition coefficient (Wildman–Crippen LogP) is 2.62. The number of aliphatic hydroxyl groups is 1. The zero-order valence-corrected chi connectivity index (χ0v) is 13.4. The molecule has 8 nitrogen and oxygen atoms in total. The van der Waals surface area contributed by atoms with Crippen LogP contribution in [0.15, 0.2) is 24.7 Å². The van der Waals surface area contributed by atoms with Crippen molar-refractivity contribution in [1.29, 1.82) is 0 Å². The number of thioether (sulfide) groups is 1. The first-order valence-corrected chi connectivity index (χ1v) is 7.89. The van der Waals surface area contributed by atoms with E-state index in [0.717, 1.165) is 11.5 Å². The van der Waals surface area contributed by atoms with Crippen LogP contribution >= 0.6 is 23.3 Å². The van der Waals surface area contributed by atoms with Crippen LogP contribution in [-0.4, -0.2) is 32.0 Å². The summed E-state index contributed by atoms with van der Waals surface area (Å²) in [6.45, 7) is 5.85. The van der Waals surface area contributed by atoms with Gasteiger partial charge >= 0.3 is 5.63 Å². The molecule has 0 bridgehead atoms. The molecule has 0 amide bonds.